The summed E-state index contributed by atoms with van der Waals surface area (Å²) >= 11 is 0. The molecule has 0 saturated heterocycles. The molecule has 0 aliphatic carbocycles. The Bertz CT molecular complexity index is 370. The van der Waals surface area contributed by atoms with Crippen LogP contribution in [0, 0.1) is 0 Å². The van der Waals surface area contributed by atoms with Crippen molar-refractivity contribution in [2.24, 2.45) is 11.5 Å². The van der Waals surface area contributed by atoms with Gasteiger partial charge >= 0.3 is 5.97 Å². The quantitative estimate of drug-likeness (QED) is 0.340. The van der Waals surface area contributed by atoms with E-state index in [0.717, 1.165) is 0 Å². The Kier molecular flexibility index (Phi) is 11.3. The van der Waals surface area contributed by atoms with Gasteiger partial charge in [-0.1, -0.05) is 0 Å². The summed E-state index contributed by atoms with van der Waals surface area (Å²) in [6.45, 7) is 2.33. The van der Waals surface area contributed by atoms with Gasteiger partial charge in [0.25, 0.3) is 10.1 Å². The van der Waals surface area contributed by atoms with Gasteiger partial charge in [0.2, 0.25) is 5.91 Å². The molecular formula is C9H21N3O6S. The predicted octanol–water partition coefficient (Wildman–Crippen LogP) is -1.85. The monoisotopic (exact) mass is 299 g/mol. The van der Waals surface area contributed by atoms with Gasteiger partial charge in [-0.15, -0.1) is 0 Å². The number of aliphatic carboxylic acids is 1. The van der Waals surface area contributed by atoms with Crippen LogP contribution in [0.15, 0.2) is 0 Å². The Morgan fingerprint density at radius 1 is 1.37 bits per heavy atom. The molecule has 0 radical (unpaired) electrons. The number of amides is 1. The number of carboxylic acids is 1. The Morgan fingerprint density at radius 2 is 1.89 bits per heavy atom. The average molecular weight is 299 g/mol. The highest BCUT2D eigenvalue weighted by Gasteiger charge is 2.12. The van der Waals surface area contributed by atoms with Crippen molar-refractivity contribution >= 4 is 22.0 Å². The van der Waals surface area contributed by atoms with Crippen LogP contribution in [0.25, 0.3) is 0 Å². The van der Waals surface area contributed by atoms with Gasteiger partial charge in [-0.2, -0.15) is 8.42 Å². The van der Waals surface area contributed by atoms with Crippen molar-refractivity contribution in [3.8, 4) is 0 Å². The van der Waals surface area contributed by atoms with E-state index < -0.39 is 22.1 Å². The zero-order valence-corrected chi connectivity index (χ0v) is 11.5. The third kappa shape index (κ3) is 16.8. The van der Waals surface area contributed by atoms with Gasteiger partial charge in [-0.3, -0.25) is 14.1 Å². The summed E-state index contributed by atoms with van der Waals surface area (Å²) in [5, 5.41) is 10.9. The highest BCUT2D eigenvalue weighted by Crippen LogP contribution is 1.94. The number of nitrogens with one attached hydrogen (secondary N) is 1. The minimum absolute atomic E-state index is 0.0289. The molecule has 0 heterocycles. The van der Waals surface area contributed by atoms with E-state index in [1.807, 2.05) is 0 Å². The Balaban J connectivity index is 0. The zero-order valence-electron chi connectivity index (χ0n) is 10.7. The van der Waals surface area contributed by atoms with Crippen molar-refractivity contribution < 1.29 is 27.7 Å². The Hall–Kier alpha value is -1.23. The first-order valence-corrected chi connectivity index (χ1v) is 7.15. The summed E-state index contributed by atoms with van der Waals surface area (Å²) in [4.78, 5) is 21.0. The lowest BCUT2D eigenvalue weighted by Crippen LogP contribution is -2.32. The van der Waals surface area contributed by atoms with Crippen LogP contribution in [0.1, 0.15) is 19.8 Å². The molecule has 0 aromatic rings. The van der Waals surface area contributed by atoms with Gasteiger partial charge in [0, 0.05) is 19.5 Å². The van der Waals surface area contributed by atoms with Crippen molar-refractivity contribution in [3.63, 3.8) is 0 Å². The third-order valence-corrected chi connectivity index (χ3v) is 2.50. The van der Waals surface area contributed by atoms with Crippen LogP contribution in [0.2, 0.25) is 0 Å². The second-order valence-electron chi connectivity index (χ2n) is 3.51. The van der Waals surface area contributed by atoms with Gasteiger partial charge in [0.1, 0.15) is 6.04 Å². The fraction of sp³-hybridized carbons (Fsp3) is 0.778. The van der Waals surface area contributed by atoms with Crippen LogP contribution >= 0.6 is 0 Å². The van der Waals surface area contributed by atoms with Crippen molar-refractivity contribution in [2.75, 3.05) is 18.8 Å². The lowest BCUT2D eigenvalue weighted by molar-refractivity contribution is -0.138. The molecule has 0 aromatic heterocycles. The molecule has 0 rings (SSSR count). The number of rotatable bonds is 7. The predicted molar refractivity (Wildman–Crippen MR) is 69.0 cm³/mol. The molecule has 0 spiro atoms. The SMILES string of the molecule is CCNC(=O)CC[C@H](N)C(=O)O.NCCS(=O)(=O)O. The lowest BCUT2D eigenvalue weighted by Gasteiger charge is -2.05. The molecule has 9 nitrogen and oxygen atoms in total. The number of hydrogen-bond donors (Lipinski definition) is 5. The summed E-state index contributed by atoms with van der Waals surface area (Å²) < 4.78 is 27.3. The van der Waals surface area contributed by atoms with Gasteiger partial charge in [0.05, 0.1) is 5.75 Å². The minimum atomic E-state index is -3.80. The van der Waals surface area contributed by atoms with Crippen molar-refractivity contribution in [1.29, 1.82) is 0 Å². The maximum absolute atomic E-state index is 10.8. The fourth-order valence-electron chi connectivity index (χ4n) is 0.845. The largest absolute Gasteiger partial charge is 0.480 e. The van der Waals surface area contributed by atoms with E-state index in [0.29, 0.717) is 6.54 Å². The molecule has 0 aliphatic heterocycles. The minimum Gasteiger partial charge on any atom is -0.480 e. The summed E-state index contributed by atoms with van der Waals surface area (Å²) in [5.74, 6) is -1.58. The molecule has 7 N–H and O–H groups in total. The number of carbonyl (C=O) groups excluding carboxylic acids is 1. The standard InChI is InChI=1S/C7H14N2O3.C2H7NO3S/c1-2-9-6(10)4-3-5(8)7(11)12;3-1-2-7(4,5)6/h5H,2-4,8H2,1H3,(H,9,10)(H,11,12);1-3H2,(H,4,5,6)/t5-;/m0./s1. The maximum atomic E-state index is 10.8. The first-order chi connectivity index (χ1) is 8.64. The maximum Gasteiger partial charge on any atom is 0.320 e. The summed E-state index contributed by atoms with van der Waals surface area (Å²) in [6.07, 6.45) is 0.350. The van der Waals surface area contributed by atoms with E-state index >= 15 is 0 Å². The first kappa shape index (κ1) is 20.1. The number of carbonyl (C=O) groups is 2. The van der Waals surface area contributed by atoms with Gasteiger partial charge in [-0.05, 0) is 13.3 Å². The molecule has 10 heteroatoms. The zero-order chi connectivity index (χ0) is 15.5. The Labute approximate surface area is 112 Å². The van der Waals surface area contributed by atoms with E-state index in [1.165, 1.54) is 0 Å². The van der Waals surface area contributed by atoms with Gasteiger partial charge in [-0.25, -0.2) is 0 Å². The molecule has 1 atom stereocenters. The number of hydrogen-bond acceptors (Lipinski definition) is 6. The molecule has 0 fully saturated rings. The molecule has 0 bridgehead atoms. The van der Waals surface area contributed by atoms with Gasteiger partial charge in [0.15, 0.2) is 0 Å². The molecule has 19 heavy (non-hydrogen) atoms. The van der Waals surface area contributed by atoms with E-state index in [1.54, 1.807) is 6.92 Å². The fourth-order valence-corrected chi connectivity index (χ4v) is 1.14. The molecule has 114 valence electrons. The molecule has 0 saturated carbocycles. The second kappa shape index (κ2) is 10.7. The van der Waals surface area contributed by atoms with Crippen LogP contribution < -0.4 is 16.8 Å². The second-order valence-corrected chi connectivity index (χ2v) is 5.08. The normalized spacial score (nSPS) is 12.0. The summed E-state index contributed by atoms with van der Waals surface area (Å²) in [7, 11) is -3.80. The van der Waals surface area contributed by atoms with E-state index in [4.69, 9.17) is 21.1 Å². The molecular weight excluding hydrogens is 278 g/mol. The average Bonchev–Trinajstić information content (AvgIpc) is 2.25. The van der Waals surface area contributed by atoms with E-state index in [2.05, 4.69) is 5.32 Å². The van der Waals surface area contributed by atoms with Crippen molar-refractivity contribution in [2.45, 2.75) is 25.8 Å². The van der Waals surface area contributed by atoms with Crippen molar-refractivity contribution in [1.82, 2.24) is 5.32 Å². The first-order valence-electron chi connectivity index (χ1n) is 5.54. The van der Waals surface area contributed by atoms with Crippen LogP contribution in [0.4, 0.5) is 0 Å². The van der Waals surface area contributed by atoms with Gasteiger partial charge < -0.3 is 21.9 Å². The molecule has 0 aliphatic rings. The summed E-state index contributed by atoms with van der Waals surface area (Å²) in [6, 6.07) is -0.937. The van der Waals surface area contributed by atoms with Crippen LogP contribution in [0.5, 0.6) is 0 Å². The van der Waals surface area contributed by atoms with E-state index in [9.17, 15) is 18.0 Å². The Morgan fingerprint density at radius 3 is 2.16 bits per heavy atom. The lowest BCUT2D eigenvalue weighted by atomic mass is 10.1. The number of carboxylic acid groups (broad SMARTS) is 1. The highest BCUT2D eigenvalue weighted by molar-refractivity contribution is 7.85. The van der Waals surface area contributed by atoms with Crippen LogP contribution in [0.3, 0.4) is 0 Å². The molecule has 1 amide bonds. The van der Waals surface area contributed by atoms with Crippen LogP contribution in [-0.2, 0) is 19.7 Å². The van der Waals surface area contributed by atoms with E-state index in [-0.39, 0.29) is 31.0 Å². The van der Waals surface area contributed by atoms with Crippen LogP contribution in [-0.4, -0.2) is 54.8 Å². The van der Waals surface area contributed by atoms with Crippen molar-refractivity contribution in [3.05, 3.63) is 0 Å². The summed E-state index contributed by atoms with van der Waals surface area (Å²) in [5.41, 5.74) is 9.96. The molecule has 0 aromatic carbocycles. The number of nitrogens with two attached hydrogens (primary N) is 2. The highest BCUT2D eigenvalue weighted by atomic mass is 32.2. The third-order valence-electron chi connectivity index (χ3n) is 1.75. The topological polar surface area (TPSA) is 173 Å². The molecule has 0 unspecified atom stereocenters. The smallest absolute Gasteiger partial charge is 0.320 e.